The molecule has 0 unspecified atom stereocenters. The molecule has 4 rings (SSSR count). The number of carboxylic acids is 1. The summed E-state index contributed by atoms with van der Waals surface area (Å²) >= 11 is 0. The van der Waals surface area contributed by atoms with Crippen molar-refractivity contribution < 1.29 is 19.4 Å². The first-order valence-electron chi connectivity index (χ1n) is 9.64. The van der Waals surface area contributed by atoms with Gasteiger partial charge in [0, 0.05) is 12.3 Å². The number of carbonyl (C=O) groups is 2. The van der Waals surface area contributed by atoms with Crippen molar-refractivity contribution in [2.24, 2.45) is 0 Å². The lowest BCUT2D eigenvalue weighted by atomic mass is 9.98. The number of alkyl carbamates (subject to hydrolysis) is 1. The van der Waals surface area contributed by atoms with Crippen molar-refractivity contribution >= 4 is 12.1 Å². The van der Waals surface area contributed by atoms with Gasteiger partial charge in [0.2, 0.25) is 0 Å². The first-order chi connectivity index (χ1) is 15.1. The van der Waals surface area contributed by atoms with Crippen molar-refractivity contribution in [1.29, 1.82) is 5.26 Å². The number of amides is 1. The third-order valence-corrected chi connectivity index (χ3v) is 5.18. The van der Waals surface area contributed by atoms with E-state index in [1.165, 1.54) is 12.1 Å². The Bertz CT molecular complexity index is 1130. The highest BCUT2D eigenvalue weighted by Crippen LogP contribution is 2.44. The molecule has 0 radical (unpaired) electrons. The topological polar surface area (TPSA) is 125 Å². The van der Waals surface area contributed by atoms with Gasteiger partial charge in [-0.1, -0.05) is 48.5 Å². The minimum absolute atomic E-state index is 0.0851. The summed E-state index contributed by atoms with van der Waals surface area (Å²) in [7, 11) is 0. The molecular formula is C23H18N4O4. The Kier molecular flexibility index (Phi) is 5.58. The lowest BCUT2D eigenvalue weighted by molar-refractivity contribution is -0.139. The van der Waals surface area contributed by atoms with Gasteiger partial charge in [0.05, 0.1) is 5.69 Å². The number of nitrogens with one attached hydrogen (secondary N) is 1. The van der Waals surface area contributed by atoms with E-state index in [1.54, 1.807) is 0 Å². The average molecular weight is 414 g/mol. The summed E-state index contributed by atoms with van der Waals surface area (Å²) in [5, 5.41) is 28.1. The van der Waals surface area contributed by atoms with Crippen LogP contribution >= 0.6 is 0 Å². The molecule has 1 aliphatic carbocycles. The second-order valence-corrected chi connectivity index (χ2v) is 7.09. The molecule has 1 aromatic heterocycles. The predicted octanol–water partition coefficient (Wildman–Crippen LogP) is 2.88. The second-order valence-electron chi connectivity index (χ2n) is 7.09. The number of fused-ring (bicyclic) bond motifs is 3. The van der Waals surface area contributed by atoms with Crippen LogP contribution in [0.4, 0.5) is 4.79 Å². The molecule has 31 heavy (non-hydrogen) atoms. The molecule has 0 saturated carbocycles. The normalized spacial score (nSPS) is 12.9. The number of nitrogens with zero attached hydrogens (tertiary/aromatic N) is 3. The fraction of sp³-hybridized carbons (Fsp3) is 0.174. The van der Waals surface area contributed by atoms with E-state index >= 15 is 0 Å². The quantitative estimate of drug-likeness (QED) is 0.635. The molecular weight excluding hydrogens is 396 g/mol. The van der Waals surface area contributed by atoms with Gasteiger partial charge in [-0.2, -0.15) is 10.4 Å². The van der Waals surface area contributed by atoms with Crippen molar-refractivity contribution in [2.75, 3.05) is 6.61 Å². The number of rotatable bonds is 6. The van der Waals surface area contributed by atoms with Gasteiger partial charge in [0.15, 0.2) is 5.69 Å². The number of nitriles is 1. The summed E-state index contributed by atoms with van der Waals surface area (Å²) in [6.07, 6.45) is -0.908. The van der Waals surface area contributed by atoms with Gasteiger partial charge in [-0.05, 0) is 34.4 Å². The van der Waals surface area contributed by atoms with E-state index in [2.05, 4.69) is 15.5 Å². The first-order valence-corrected chi connectivity index (χ1v) is 9.64. The van der Waals surface area contributed by atoms with Crippen LogP contribution in [0.15, 0.2) is 60.7 Å². The Balaban J connectivity index is 1.42. The Labute approximate surface area is 178 Å². The summed E-state index contributed by atoms with van der Waals surface area (Å²) in [4.78, 5) is 23.9. The molecule has 0 bridgehead atoms. The van der Waals surface area contributed by atoms with Crippen LogP contribution in [0.1, 0.15) is 28.4 Å². The maximum Gasteiger partial charge on any atom is 0.407 e. The Hall–Kier alpha value is -4.25. The minimum Gasteiger partial charge on any atom is -0.480 e. The van der Waals surface area contributed by atoms with E-state index in [0.717, 1.165) is 22.3 Å². The molecule has 1 aliphatic rings. The fourth-order valence-corrected chi connectivity index (χ4v) is 3.72. The standard InChI is InChI=1S/C23H18N4O4/c24-12-15-10-9-14(26-27-15)11-21(22(28)29)25-23(30)31-13-20-18-7-3-1-5-16(18)17-6-2-4-8-19(17)20/h1-10,20-21H,11,13H2,(H,25,30)(H,28,29)/t21-/m0/s1. The van der Waals surface area contributed by atoms with E-state index in [9.17, 15) is 14.7 Å². The van der Waals surface area contributed by atoms with Gasteiger partial charge >= 0.3 is 12.1 Å². The summed E-state index contributed by atoms with van der Waals surface area (Å²) in [5.41, 5.74) is 4.81. The molecule has 1 heterocycles. The SMILES string of the molecule is N#Cc1ccc(C[C@H](NC(=O)OCC2c3ccccc3-c3ccccc32)C(=O)O)nn1. The van der Waals surface area contributed by atoms with E-state index in [-0.39, 0.29) is 24.6 Å². The lowest BCUT2D eigenvalue weighted by Crippen LogP contribution is -2.43. The predicted molar refractivity (Wildman–Crippen MR) is 110 cm³/mol. The Morgan fingerprint density at radius 3 is 2.23 bits per heavy atom. The van der Waals surface area contributed by atoms with Crippen molar-refractivity contribution in [3.8, 4) is 17.2 Å². The molecule has 0 saturated heterocycles. The molecule has 3 aromatic rings. The van der Waals surface area contributed by atoms with Crippen LogP contribution in [0.2, 0.25) is 0 Å². The zero-order valence-electron chi connectivity index (χ0n) is 16.4. The van der Waals surface area contributed by atoms with Crippen molar-refractivity contribution in [1.82, 2.24) is 15.5 Å². The Morgan fingerprint density at radius 2 is 1.68 bits per heavy atom. The number of ether oxygens (including phenoxy) is 1. The zero-order chi connectivity index (χ0) is 21.8. The van der Waals surface area contributed by atoms with Gasteiger partial charge in [-0.15, -0.1) is 5.10 Å². The number of aliphatic carboxylic acids is 1. The summed E-state index contributed by atoms with van der Waals surface area (Å²) in [6, 6.07) is 19.4. The average Bonchev–Trinajstić information content (AvgIpc) is 3.11. The molecule has 0 aliphatic heterocycles. The Morgan fingerprint density at radius 1 is 1.03 bits per heavy atom. The van der Waals surface area contributed by atoms with Crippen LogP contribution in [0.3, 0.4) is 0 Å². The van der Waals surface area contributed by atoms with Crippen LogP contribution in [0, 0.1) is 11.3 Å². The molecule has 1 atom stereocenters. The van der Waals surface area contributed by atoms with Crippen LogP contribution in [0.5, 0.6) is 0 Å². The number of carbonyl (C=O) groups excluding carboxylic acids is 1. The highest BCUT2D eigenvalue weighted by molar-refractivity contribution is 5.81. The third kappa shape index (κ3) is 4.21. The summed E-state index contributed by atoms with van der Waals surface area (Å²) < 4.78 is 5.40. The maximum atomic E-state index is 12.4. The summed E-state index contributed by atoms with van der Waals surface area (Å²) in [5.74, 6) is -1.34. The van der Waals surface area contributed by atoms with Crippen LogP contribution in [-0.2, 0) is 16.0 Å². The molecule has 2 aromatic carbocycles. The van der Waals surface area contributed by atoms with Gasteiger partial charge in [0.1, 0.15) is 18.7 Å². The zero-order valence-corrected chi connectivity index (χ0v) is 16.4. The van der Waals surface area contributed by atoms with E-state index in [0.29, 0.717) is 5.69 Å². The highest BCUT2D eigenvalue weighted by atomic mass is 16.5. The number of carboxylic acid groups (broad SMARTS) is 1. The number of hydrogen-bond donors (Lipinski definition) is 2. The largest absolute Gasteiger partial charge is 0.480 e. The monoisotopic (exact) mass is 414 g/mol. The fourth-order valence-electron chi connectivity index (χ4n) is 3.72. The molecule has 8 nitrogen and oxygen atoms in total. The maximum absolute atomic E-state index is 12.4. The van der Waals surface area contributed by atoms with Crippen LogP contribution in [-0.4, -0.2) is 40.0 Å². The van der Waals surface area contributed by atoms with E-state index in [1.807, 2.05) is 54.6 Å². The van der Waals surface area contributed by atoms with Gasteiger partial charge < -0.3 is 15.2 Å². The third-order valence-electron chi connectivity index (χ3n) is 5.18. The lowest BCUT2D eigenvalue weighted by Gasteiger charge is -2.17. The molecule has 8 heteroatoms. The molecule has 2 N–H and O–H groups in total. The second kappa shape index (κ2) is 8.63. The minimum atomic E-state index is -1.24. The summed E-state index contributed by atoms with van der Waals surface area (Å²) in [6.45, 7) is 0.0862. The number of benzene rings is 2. The molecule has 0 spiro atoms. The van der Waals surface area contributed by atoms with Crippen LogP contribution in [0.25, 0.3) is 11.1 Å². The van der Waals surface area contributed by atoms with E-state index < -0.39 is 18.1 Å². The molecule has 0 fully saturated rings. The number of aromatic nitrogens is 2. The van der Waals surface area contributed by atoms with Crippen molar-refractivity contribution in [3.05, 3.63) is 83.2 Å². The molecule has 154 valence electrons. The first kappa shape index (κ1) is 20.0. The number of hydrogen-bond acceptors (Lipinski definition) is 6. The van der Waals surface area contributed by atoms with Crippen molar-refractivity contribution in [3.63, 3.8) is 0 Å². The smallest absolute Gasteiger partial charge is 0.407 e. The van der Waals surface area contributed by atoms with Gasteiger partial charge in [-0.25, -0.2) is 9.59 Å². The highest BCUT2D eigenvalue weighted by Gasteiger charge is 2.29. The molecule has 1 amide bonds. The van der Waals surface area contributed by atoms with Gasteiger partial charge in [-0.3, -0.25) is 0 Å². The van der Waals surface area contributed by atoms with Crippen molar-refractivity contribution in [2.45, 2.75) is 18.4 Å². The van der Waals surface area contributed by atoms with E-state index in [4.69, 9.17) is 10.00 Å². The van der Waals surface area contributed by atoms with Crippen LogP contribution < -0.4 is 5.32 Å². The van der Waals surface area contributed by atoms with Gasteiger partial charge in [0.25, 0.3) is 0 Å².